The van der Waals surface area contributed by atoms with Crippen molar-refractivity contribution in [3.8, 4) is 5.75 Å². The minimum Gasteiger partial charge on any atom is -0.489 e. The highest BCUT2D eigenvalue weighted by Gasteiger charge is 2.62. The molecule has 0 aromatic heterocycles. The number of benzene rings is 4. The molecular weight excluding hydrogens is 553 g/mol. The van der Waals surface area contributed by atoms with Crippen LogP contribution in [0.1, 0.15) is 35.6 Å². The summed E-state index contributed by atoms with van der Waals surface area (Å²) in [5.74, 6) is 0.369. The molecule has 4 aromatic carbocycles. The smallest absolute Gasteiger partial charge is 0.321 e. The van der Waals surface area contributed by atoms with Gasteiger partial charge in [-0.2, -0.15) is 0 Å². The van der Waals surface area contributed by atoms with Crippen molar-refractivity contribution in [3.63, 3.8) is 0 Å². The lowest BCUT2D eigenvalue weighted by Crippen LogP contribution is -2.67. The van der Waals surface area contributed by atoms with Gasteiger partial charge in [-0.15, -0.1) is 0 Å². The molecule has 214 valence electrons. The maximum atomic E-state index is 13.9. The topological polar surface area (TPSA) is 61.9 Å². The van der Waals surface area contributed by atoms with Gasteiger partial charge in [0.2, 0.25) is 5.91 Å². The molecular formula is C34H31ClFN3O3. The highest BCUT2D eigenvalue weighted by Crippen LogP contribution is 2.57. The third kappa shape index (κ3) is 5.21. The van der Waals surface area contributed by atoms with E-state index in [1.54, 1.807) is 28.0 Å². The van der Waals surface area contributed by atoms with Crippen molar-refractivity contribution in [2.75, 3.05) is 23.3 Å². The molecule has 2 saturated heterocycles. The Morgan fingerprint density at radius 3 is 2.31 bits per heavy atom. The Morgan fingerprint density at radius 2 is 1.64 bits per heavy atom. The number of anilines is 2. The maximum Gasteiger partial charge on any atom is 0.321 e. The van der Waals surface area contributed by atoms with Crippen molar-refractivity contribution in [1.29, 1.82) is 0 Å². The molecule has 2 fully saturated rings. The first-order valence-electron chi connectivity index (χ1n) is 14.0. The molecule has 0 radical (unpaired) electrons. The largest absolute Gasteiger partial charge is 0.489 e. The van der Waals surface area contributed by atoms with Crippen LogP contribution in [0.25, 0.3) is 0 Å². The molecule has 0 aliphatic carbocycles. The van der Waals surface area contributed by atoms with Crippen LogP contribution in [0.5, 0.6) is 5.75 Å². The summed E-state index contributed by atoms with van der Waals surface area (Å²) in [6, 6.07) is 28.8. The predicted molar refractivity (Wildman–Crippen MR) is 162 cm³/mol. The number of piperidine rings is 1. The standard InChI is InChI=1S/C34H31ClFN3O3/c1-23-6-5-9-29(35)30(23)37-33(41)38-20-18-34(19-21-38)31(39(32(34)40)27-14-12-26(36)13-15-27)25-10-16-28(17-11-25)42-22-24-7-3-2-4-8-24/h2-17,31H,18-22H2,1H3,(H,37,41). The highest BCUT2D eigenvalue weighted by atomic mass is 35.5. The molecule has 6 rings (SSSR count). The molecule has 2 heterocycles. The van der Waals surface area contributed by atoms with E-state index >= 15 is 0 Å². The molecule has 42 heavy (non-hydrogen) atoms. The number of hydrogen-bond acceptors (Lipinski definition) is 3. The number of carbonyl (C=O) groups excluding carboxylic acids is 2. The molecule has 0 bridgehead atoms. The van der Waals surface area contributed by atoms with E-state index in [1.165, 1.54) is 12.1 Å². The van der Waals surface area contributed by atoms with Crippen LogP contribution in [0, 0.1) is 18.2 Å². The van der Waals surface area contributed by atoms with E-state index in [-0.39, 0.29) is 23.8 Å². The van der Waals surface area contributed by atoms with Crippen molar-refractivity contribution in [2.24, 2.45) is 5.41 Å². The molecule has 3 amide bonds. The second-order valence-corrected chi connectivity index (χ2v) is 11.3. The summed E-state index contributed by atoms with van der Waals surface area (Å²) in [6.07, 6.45) is 1.02. The van der Waals surface area contributed by atoms with Crippen molar-refractivity contribution in [2.45, 2.75) is 32.4 Å². The third-order valence-corrected chi connectivity index (χ3v) is 8.69. The van der Waals surface area contributed by atoms with E-state index in [1.807, 2.05) is 73.7 Å². The lowest BCUT2D eigenvalue weighted by Gasteiger charge is -2.59. The van der Waals surface area contributed by atoms with E-state index in [4.69, 9.17) is 16.3 Å². The Bertz CT molecular complexity index is 1570. The number of rotatable bonds is 6. The number of urea groups is 1. The van der Waals surface area contributed by atoms with Crippen molar-refractivity contribution in [3.05, 3.63) is 125 Å². The predicted octanol–water partition coefficient (Wildman–Crippen LogP) is 7.77. The quantitative estimate of drug-likeness (QED) is 0.236. The van der Waals surface area contributed by atoms with Gasteiger partial charge in [-0.05, 0) is 78.9 Å². The number of aryl methyl sites for hydroxylation is 1. The number of nitrogens with one attached hydrogen (secondary N) is 1. The summed E-state index contributed by atoms with van der Waals surface area (Å²) >= 11 is 6.33. The number of ether oxygens (including phenoxy) is 1. The number of carbonyl (C=O) groups is 2. The van der Waals surface area contributed by atoms with Gasteiger partial charge in [-0.1, -0.05) is 66.2 Å². The zero-order valence-corrected chi connectivity index (χ0v) is 24.0. The summed E-state index contributed by atoms with van der Waals surface area (Å²) in [5.41, 5.74) is 3.50. The van der Waals surface area contributed by atoms with Crippen LogP contribution in [0.3, 0.4) is 0 Å². The number of hydrogen-bond donors (Lipinski definition) is 1. The lowest BCUT2D eigenvalue weighted by atomic mass is 9.62. The van der Waals surface area contributed by atoms with Gasteiger partial charge in [-0.3, -0.25) is 4.79 Å². The average Bonchev–Trinajstić information content (AvgIpc) is 3.02. The summed E-state index contributed by atoms with van der Waals surface area (Å²) in [7, 11) is 0. The fourth-order valence-electron chi connectivity index (χ4n) is 6.05. The number of amides is 3. The van der Waals surface area contributed by atoms with Crippen LogP contribution >= 0.6 is 11.6 Å². The zero-order valence-electron chi connectivity index (χ0n) is 23.2. The molecule has 6 nitrogen and oxygen atoms in total. The molecule has 8 heteroatoms. The van der Waals surface area contributed by atoms with E-state index in [0.29, 0.717) is 48.9 Å². The fourth-order valence-corrected chi connectivity index (χ4v) is 6.32. The first kappa shape index (κ1) is 27.8. The highest BCUT2D eigenvalue weighted by molar-refractivity contribution is 6.33. The van der Waals surface area contributed by atoms with Gasteiger partial charge in [-0.25, -0.2) is 9.18 Å². The summed E-state index contributed by atoms with van der Waals surface area (Å²) < 4.78 is 19.7. The molecule has 1 N–H and O–H groups in total. The van der Waals surface area contributed by atoms with Gasteiger partial charge < -0.3 is 19.9 Å². The molecule has 2 aliphatic rings. The van der Waals surface area contributed by atoms with Crippen LogP contribution in [-0.2, 0) is 11.4 Å². The van der Waals surface area contributed by atoms with Crippen molar-refractivity contribution in [1.82, 2.24) is 4.90 Å². The van der Waals surface area contributed by atoms with E-state index in [0.717, 1.165) is 22.4 Å². The molecule has 1 atom stereocenters. The third-order valence-electron chi connectivity index (χ3n) is 8.37. The van der Waals surface area contributed by atoms with Crippen LogP contribution in [0.15, 0.2) is 97.1 Å². The van der Waals surface area contributed by atoms with Gasteiger partial charge in [0.1, 0.15) is 18.2 Å². The van der Waals surface area contributed by atoms with Gasteiger partial charge >= 0.3 is 6.03 Å². The number of β-lactam (4-membered cyclic amide) rings is 1. The van der Waals surface area contributed by atoms with Crippen LogP contribution < -0.4 is 15.0 Å². The SMILES string of the molecule is Cc1cccc(Cl)c1NC(=O)N1CCC2(CC1)C(=O)N(c1ccc(F)cc1)C2c1ccc(OCc2ccccc2)cc1. The minimum absolute atomic E-state index is 0.00878. The molecule has 0 saturated carbocycles. The number of likely N-dealkylation sites (tertiary alicyclic amines) is 1. The summed E-state index contributed by atoms with van der Waals surface area (Å²) in [4.78, 5) is 30.5. The van der Waals surface area contributed by atoms with Crippen LogP contribution in [0.2, 0.25) is 5.02 Å². The summed E-state index contributed by atoms with van der Waals surface area (Å²) in [5, 5.41) is 3.43. The van der Waals surface area contributed by atoms with Gasteiger partial charge in [0, 0.05) is 18.8 Å². The number of para-hydroxylation sites is 1. The first-order chi connectivity index (χ1) is 20.4. The second-order valence-electron chi connectivity index (χ2n) is 10.9. The normalized spacial score (nSPS) is 17.6. The van der Waals surface area contributed by atoms with Gasteiger partial charge in [0.15, 0.2) is 0 Å². The second kappa shape index (κ2) is 11.5. The lowest BCUT2D eigenvalue weighted by molar-refractivity contribution is -0.144. The Labute approximate surface area is 249 Å². The maximum absolute atomic E-state index is 13.9. The van der Waals surface area contributed by atoms with Crippen LogP contribution in [0.4, 0.5) is 20.6 Å². The Hall–Kier alpha value is -4.36. The molecule has 4 aromatic rings. The average molecular weight is 584 g/mol. The van der Waals surface area contributed by atoms with Crippen molar-refractivity contribution < 1.29 is 18.7 Å². The van der Waals surface area contributed by atoms with E-state index < -0.39 is 5.41 Å². The Kier molecular flexibility index (Phi) is 7.60. The fraction of sp³-hybridized carbons (Fsp3) is 0.235. The molecule has 1 unspecified atom stereocenters. The Balaban J connectivity index is 1.21. The molecule has 1 spiro atoms. The monoisotopic (exact) mass is 583 g/mol. The van der Waals surface area contributed by atoms with Gasteiger partial charge in [0.05, 0.1) is 22.2 Å². The number of halogens is 2. The summed E-state index contributed by atoms with van der Waals surface area (Å²) in [6.45, 7) is 3.20. The number of nitrogens with zero attached hydrogens (tertiary/aromatic N) is 2. The minimum atomic E-state index is -0.669. The van der Waals surface area contributed by atoms with E-state index in [2.05, 4.69) is 5.32 Å². The Morgan fingerprint density at radius 1 is 0.952 bits per heavy atom. The van der Waals surface area contributed by atoms with Gasteiger partial charge in [0.25, 0.3) is 0 Å². The van der Waals surface area contributed by atoms with E-state index in [9.17, 15) is 14.0 Å². The molecule has 2 aliphatic heterocycles. The zero-order chi connectivity index (χ0) is 29.3. The van der Waals surface area contributed by atoms with Crippen molar-refractivity contribution >= 4 is 34.9 Å². The van der Waals surface area contributed by atoms with Crippen LogP contribution in [-0.4, -0.2) is 29.9 Å². The first-order valence-corrected chi connectivity index (χ1v) is 14.4.